The van der Waals surface area contributed by atoms with E-state index in [1.807, 2.05) is 26.0 Å². The maximum atomic E-state index is 12.5. The minimum absolute atomic E-state index is 0.131. The van der Waals surface area contributed by atoms with Crippen molar-refractivity contribution in [3.63, 3.8) is 0 Å². The maximum absolute atomic E-state index is 12.5. The van der Waals surface area contributed by atoms with Crippen molar-refractivity contribution in [3.05, 3.63) is 40.8 Å². The molecule has 3 aromatic rings. The lowest BCUT2D eigenvalue weighted by molar-refractivity contribution is -0.114. The van der Waals surface area contributed by atoms with Crippen LogP contribution in [0.25, 0.3) is 10.2 Å². The molecule has 0 atom stereocenters. The number of nitrogens with one attached hydrogen (secondary N) is 2. The van der Waals surface area contributed by atoms with Crippen LogP contribution in [-0.2, 0) is 4.79 Å². The third-order valence-corrected chi connectivity index (χ3v) is 4.65. The van der Waals surface area contributed by atoms with E-state index in [0.717, 1.165) is 21.5 Å². The topological polar surface area (TPSA) is 84.2 Å². The molecule has 0 spiro atoms. The van der Waals surface area contributed by atoms with Gasteiger partial charge in [-0.2, -0.15) is 0 Å². The molecule has 1 aromatic carbocycles. The van der Waals surface area contributed by atoms with Gasteiger partial charge in [-0.1, -0.05) is 11.3 Å². The number of carbonyl (C=O) groups is 2. The van der Waals surface area contributed by atoms with Crippen LogP contribution in [-0.4, -0.2) is 16.8 Å². The van der Waals surface area contributed by atoms with Gasteiger partial charge in [0.05, 0.1) is 15.8 Å². The van der Waals surface area contributed by atoms with Gasteiger partial charge in [0.15, 0.2) is 5.13 Å². The SMILES string of the molecule is CC(=O)Nc1ccc2nc(NC(=O)c3c(C)oc(C)c3C)sc2c1. The number of amides is 2. The van der Waals surface area contributed by atoms with Gasteiger partial charge in [-0.25, -0.2) is 4.98 Å². The zero-order valence-electron chi connectivity index (χ0n) is 13.8. The Balaban J connectivity index is 1.87. The molecule has 0 saturated carbocycles. The van der Waals surface area contributed by atoms with Gasteiger partial charge in [0.1, 0.15) is 11.5 Å². The summed E-state index contributed by atoms with van der Waals surface area (Å²) in [6.45, 7) is 6.92. The molecule has 0 saturated heterocycles. The summed E-state index contributed by atoms with van der Waals surface area (Å²) in [5, 5.41) is 6.06. The standard InChI is InChI=1S/C17H17N3O3S/c1-8-9(2)23-10(3)15(8)16(22)20-17-19-13-6-5-12(18-11(4)21)7-14(13)24-17/h5-7H,1-4H3,(H,18,21)(H,19,20,22). The fraction of sp³-hybridized carbons (Fsp3) is 0.235. The van der Waals surface area contributed by atoms with Gasteiger partial charge in [-0.3, -0.25) is 14.9 Å². The first-order valence-electron chi connectivity index (χ1n) is 7.41. The number of furan rings is 1. The predicted octanol–water partition coefficient (Wildman–Crippen LogP) is 4.03. The lowest BCUT2D eigenvalue weighted by Crippen LogP contribution is -2.13. The first-order chi connectivity index (χ1) is 11.3. The third-order valence-electron chi connectivity index (χ3n) is 3.72. The van der Waals surface area contributed by atoms with Crippen LogP contribution in [0.2, 0.25) is 0 Å². The van der Waals surface area contributed by atoms with Crippen molar-refractivity contribution in [2.45, 2.75) is 27.7 Å². The number of nitrogens with zero attached hydrogens (tertiary/aromatic N) is 1. The van der Waals surface area contributed by atoms with Crippen molar-refractivity contribution in [2.24, 2.45) is 0 Å². The Morgan fingerprint density at radius 1 is 1.12 bits per heavy atom. The van der Waals surface area contributed by atoms with Gasteiger partial charge < -0.3 is 9.73 Å². The molecule has 0 aliphatic carbocycles. The molecule has 0 fully saturated rings. The second-order valence-corrected chi connectivity index (χ2v) is 6.58. The first kappa shape index (κ1) is 16.2. The van der Waals surface area contributed by atoms with Gasteiger partial charge in [0, 0.05) is 18.2 Å². The molecule has 24 heavy (non-hydrogen) atoms. The van der Waals surface area contributed by atoms with Crippen molar-refractivity contribution in [3.8, 4) is 0 Å². The number of aromatic nitrogens is 1. The van der Waals surface area contributed by atoms with E-state index in [2.05, 4.69) is 15.6 Å². The molecule has 2 amide bonds. The molecule has 0 unspecified atom stereocenters. The molecule has 0 aliphatic heterocycles. The van der Waals surface area contributed by atoms with Crippen LogP contribution in [0.15, 0.2) is 22.6 Å². The van der Waals surface area contributed by atoms with Crippen molar-refractivity contribution < 1.29 is 14.0 Å². The smallest absolute Gasteiger partial charge is 0.261 e. The number of anilines is 2. The molecular weight excluding hydrogens is 326 g/mol. The van der Waals surface area contributed by atoms with E-state index < -0.39 is 0 Å². The quantitative estimate of drug-likeness (QED) is 0.752. The van der Waals surface area contributed by atoms with Crippen LogP contribution < -0.4 is 10.6 Å². The summed E-state index contributed by atoms with van der Waals surface area (Å²) in [5.74, 6) is 0.968. The van der Waals surface area contributed by atoms with Gasteiger partial charge in [-0.05, 0) is 39.0 Å². The van der Waals surface area contributed by atoms with Crippen LogP contribution in [0.5, 0.6) is 0 Å². The Labute approximate surface area is 142 Å². The minimum Gasteiger partial charge on any atom is -0.466 e. The second-order valence-electron chi connectivity index (χ2n) is 5.55. The molecule has 2 N–H and O–H groups in total. The first-order valence-corrected chi connectivity index (χ1v) is 8.23. The second kappa shape index (κ2) is 6.09. The minimum atomic E-state index is -0.233. The van der Waals surface area contributed by atoms with Crippen molar-refractivity contribution in [2.75, 3.05) is 10.6 Å². The van der Waals surface area contributed by atoms with E-state index in [0.29, 0.717) is 22.1 Å². The lowest BCUT2D eigenvalue weighted by Gasteiger charge is -2.01. The van der Waals surface area contributed by atoms with E-state index in [1.165, 1.54) is 18.3 Å². The fourth-order valence-electron chi connectivity index (χ4n) is 2.55. The number of aryl methyl sites for hydroxylation is 2. The zero-order chi connectivity index (χ0) is 17.4. The summed E-state index contributed by atoms with van der Waals surface area (Å²) >= 11 is 1.36. The fourth-order valence-corrected chi connectivity index (χ4v) is 3.45. The predicted molar refractivity (Wildman–Crippen MR) is 94.8 cm³/mol. The van der Waals surface area contributed by atoms with Crippen LogP contribution in [0.1, 0.15) is 34.4 Å². The number of hydrogen-bond donors (Lipinski definition) is 2. The normalized spacial score (nSPS) is 10.8. The molecule has 6 nitrogen and oxygen atoms in total. The molecule has 0 radical (unpaired) electrons. The summed E-state index contributed by atoms with van der Waals surface area (Å²) < 4.78 is 6.38. The highest BCUT2D eigenvalue weighted by Gasteiger charge is 2.19. The molecule has 3 rings (SSSR count). The highest BCUT2D eigenvalue weighted by atomic mass is 32.1. The summed E-state index contributed by atoms with van der Waals surface area (Å²) in [5.41, 5.74) is 2.85. The van der Waals surface area contributed by atoms with Gasteiger partial charge in [0.2, 0.25) is 5.91 Å². The number of hydrogen-bond acceptors (Lipinski definition) is 5. The Morgan fingerprint density at radius 2 is 1.88 bits per heavy atom. The summed E-state index contributed by atoms with van der Waals surface area (Å²) in [6, 6.07) is 5.43. The average Bonchev–Trinajstić information content (AvgIpc) is 2.98. The third kappa shape index (κ3) is 3.03. The van der Waals surface area contributed by atoms with Gasteiger partial charge in [-0.15, -0.1) is 0 Å². The number of carbonyl (C=O) groups excluding carboxylic acids is 2. The lowest BCUT2D eigenvalue weighted by atomic mass is 10.1. The Bertz CT molecular complexity index is 956. The summed E-state index contributed by atoms with van der Waals surface area (Å²) in [6.07, 6.45) is 0. The highest BCUT2D eigenvalue weighted by Crippen LogP contribution is 2.29. The molecule has 7 heteroatoms. The molecule has 2 heterocycles. The number of thiazole rings is 1. The largest absolute Gasteiger partial charge is 0.466 e. The van der Waals surface area contributed by atoms with Crippen LogP contribution in [0.3, 0.4) is 0 Å². The summed E-state index contributed by atoms with van der Waals surface area (Å²) in [7, 11) is 0. The van der Waals surface area contributed by atoms with E-state index in [9.17, 15) is 9.59 Å². The maximum Gasteiger partial charge on any atom is 0.261 e. The zero-order valence-corrected chi connectivity index (χ0v) is 14.6. The van der Waals surface area contributed by atoms with Crippen molar-refractivity contribution >= 4 is 44.2 Å². The van der Waals surface area contributed by atoms with E-state index in [4.69, 9.17) is 4.42 Å². The van der Waals surface area contributed by atoms with Crippen LogP contribution in [0.4, 0.5) is 10.8 Å². The van der Waals surface area contributed by atoms with Crippen LogP contribution in [0, 0.1) is 20.8 Å². The van der Waals surface area contributed by atoms with Crippen molar-refractivity contribution in [1.29, 1.82) is 0 Å². The molecular formula is C17H17N3O3S. The van der Waals surface area contributed by atoms with E-state index in [-0.39, 0.29) is 11.8 Å². The summed E-state index contributed by atoms with van der Waals surface area (Å²) in [4.78, 5) is 28.0. The van der Waals surface area contributed by atoms with E-state index >= 15 is 0 Å². The molecule has 0 aliphatic rings. The molecule has 2 aromatic heterocycles. The van der Waals surface area contributed by atoms with E-state index in [1.54, 1.807) is 13.0 Å². The molecule has 124 valence electrons. The number of benzene rings is 1. The van der Waals surface area contributed by atoms with Crippen molar-refractivity contribution in [1.82, 2.24) is 4.98 Å². The van der Waals surface area contributed by atoms with Gasteiger partial charge >= 0.3 is 0 Å². The Hall–Kier alpha value is -2.67. The van der Waals surface area contributed by atoms with Crippen LogP contribution >= 0.6 is 11.3 Å². The monoisotopic (exact) mass is 343 g/mol. The number of fused-ring (bicyclic) bond motifs is 1. The molecule has 0 bridgehead atoms. The highest BCUT2D eigenvalue weighted by molar-refractivity contribution is 7.22. The Kier molecular flexibility index (Phi) is 4.11. The Morgan fingerprint density at radius 3 is 2.50 bits per heavy atom. The number of rotatable bonds is 3. The average molecular weight is 343 g/mol. The van der Waals surface area contributed by atoms with Gasteiger partial charge in [0.25, 0.3) is 5.91 Å².